The summed E-state index contributed by atoms with van der Waals surface area (Å²) in [5.74, 6) is 3.47. The number of benzene rings is 2. The molecule has 8 heteroatoms. The van der Waals surface area contributed by atoms with Gasteiger partial charge < -0.3 is 23.8 Å². The van der Waals surface area contributed by atoms with E-state index in [2.05, 4.69) is 39.0 Å². The molecule has 2 aromatic rings. The Balaban J connectivity index is 1.03. The molecule has 0 unspecified atom stereocenters. The molecule has 34 heavy (non-hydrogen) atoms. The van der Waals surface area contributed by atoms with Crippen LogP contribution in [0.25, 0.3) is 0 Å². The third-order valence-corrected chi connectivity index (χ3v) is 7.19. The first-order chi connectivity index (χ1) is 16.7. The molecule has 0 aliphatic carbocycles. The summed E-state index contributed by atoms with van der Waals surface area (Å²) >= 11 is 0. The molecule has 180 valence electrons. The van der Waals surface area contributed by atoms with E-state index in [-0.39, 0.29) is 11.9 Å². The summed E-state index contributed by atoms with van der Waals surface area (Å²) in [5, 5.41) is 0. The van der Waals surface area contributed by atoms with Crippen LogP contribution in [0.4, 0.5) is 0 Å². The molecule has 2 aromatic carbocycles. The van der Waals surface area contributed by atoms with Crippen molar-refractivity contribution in [2.45, 2.75) is 25.4 Å². The Morgan fingerprint density at radius 3 is 2.38 bits per heavy atom. The summed E-state index contributed by atoms with van der Waals surface area (Å²) in [6, 6.07) is 12.4. The number of amides is 1. The maximum Gasteiger partial charge on any atom is 0.237 e. The van der Waals surface area contributed by atoms with Crippen LogP contribution in [0.1, 0.15) is 30.0 Å². The smallest absolute Gasteiger partial charge is 0.237 e. The summed E-state index contributed by atoms with van der Waals surface area (Å²) in [5.41, 5.74) is 2.37. The molecule has 6 rings (SSSR count). The van der Waals surface area contributed by atoms with Crippen LogP contribution in [0.2, 0.25) is 0 Å². The molecule has 0 aromatic heterocycles. The van der Waals surface area contributed by atoms with Crippen LogP contribution in [-0.2, 0) is 11.3 Å². The SMILES string of the molecule is O=C(CN1CCN(Cc2ccc3c(c2)OCO3)CC1)N1CCC[C@@H]1c1ccc2c(c1)OCCO2. The molecule has 0 saturated carbocycles. The standard InChI is InChI=1S/C26H31N3O5/c30-26(29-7-1-2-21(29)20-4-6-22-25(15-20)32-13-12-31-22)17-28-10-8-27(9-11-28)16-19-3-5-23-24(14-19)34-18-33-23/h3-6,14-15,21H,1-2,7-13,16-18H2/t21-/m1/s1. The Kier molecular flexibility index (Phi) is 5.93. The summed E-state index contributed by atoms with van der Waals surface area (Å²) in [7, 11) is 0. The second-order valence-electron chi connectivity index (χ2n) is 9.39. The lowest BCUT2D eigenvalue weighted by Crippen LogP contribution is -2.49. The molecule has 8 nitrogen and oxygen atoms in total. The van der Waals surface area contributed by atoms with Crippen LogP contribution >= 0.6 is 0 Å². The van der Waals surface area contributed by atoms with Crippen molar-refractivity contribution in [3.8, 4) is 23.0 Å². The Bertz CT molecular complexity index is 1050. The molecule has 0 radical (unpaired) electrons. The zero-order chi connectivity index (χ0) is 22.9. The first-order valence-electron chi connectivity index (χ1n) is 12.3. The molecule has 2 fully saturated rings. The Morgan fingerprint density at radius 2 is 1.50 bits per heavy atom. The van der Waals surface area contributed by atoms with Gasteiger partial charge in [-0.3, -0.25) is 14.6 Å². The van der Waals surface area contributed by atoms with Crippen molar-refractivity contribution in [2.75, 3.05) is 59.3 Å². The lowest BCUT2D eigenvalue weighted by molar-refractivity contribution is -0.133. The average molecular weight is 466 g/mol. The summed E-state index contributed by atoms with van der Waals surface area (Å²) in [6.07, 6.45) is 2.03. The maximum absolute atomic E-state index is 13.3. The minimum absolute atomic E-state index is 0.121. The van der Waals surface area contributed by atoms with Gasteiger partial charge in [-0.15, -0.1) is 0 Å². The molecule has 4 aliphatic rings. The fraction of sp³-hybridized carbons (Fsp3) is 0.500. The predicted octanol–water partition coefficient (Wildman–Crippen LogP) is 2.67. The monoisotopic (exact) mass is 465 g/mol. The topological polar surface area (TPSA) is 63.7 Å². The molecular formula is C26H31N3O5. The number of piperazine rings is 1. The van der Waals surface area contributed by atoms with Gasteiger partial charge in [-0.2, -0.15) is 0 Å². The van der Waals surface area contributed by atoms with Gasteiger partial charge in [-0.1, -0.05) is 12.1 Å². The molecule has 4 heterocycles. The molecule has 1 atom stereocenters. The summed E-state index contributed by atoms with van der Waals surface area (Å²) < 4.78 is 22.3. The largest absolute Gasteiger partial charge is 0.486 e. The third-order valence-electron chi connectivity index (χ3n) is 7.19. The van der Waals surface area contributed by atoms with E-state index in [4.69, 9.17) is 18.9 Å². The van der Waals surface area contributed by atoms with Gasteiger partial charge in [0.05, 0.1) is 12.6 Å². The molecule has 0 N–H and O–H groups in total. The fourth-order valence-corrected chi connectivity index (χ4v) is 5.36. The molecule has 0 bridgehead atoms. The fourth-order valence-electron chi connectivity index (χ4n) is 5.36. The van der Waals surface area contributed by atoms with E-state index in [1.807, 2.05) is 12.1 Å². The van der Waals surface area contributed by atoms with Crippen molar-refractivity contribution in [3.63, 3.8) is 0 Å². The van der Waals surface area contributed by atoms with Crippen molar-refractivity contribution in [1.82, 2.24) is 14.7 Å². The summed E-state index contributed by atoms with van der Waals surface area (Å²) in [4.78, 5) is 20.0. The number of carbonyl (C=O) groups excluding carboxylic acids is 1. The second kappa shape index (κ2) is 9.35. The van der Waals surface area contributed by atoms with Gasteiger partial charge in [-0.05, 0) is 48.2 Å². The number of fused-ring (bicyclic) bond motifs is 2. The average Bonchev–Trinajstić information content (AvgIpc) is 3.54. The number of likely N-dealkylation sites (tertiary alicyclic amines) is 1. The maximum atomic E-state index is 13.3. The van der Waals surface area contributed by atoms with Gasteiger partial charge in [0.1, 0.15) is 13.2 Å². The quantitative estimate of drug-likeness (QED) is 0.673. The highest BCUT2D eigenvalue weighted by molar-refractivity contribution is 5.79. The van der Waals surface area contributed by atoms with Crippen molar-refractivity contribution in [3.05, 3.63) is 47.5 Å². The van der Waals surface area contributed by atoms with Crippen LogP contribution in [0, 0.1) is 0 Å². The lowest BCUT2D eigenvalue weighted by Gasteiger charge is -2.36. The highest BCUT2D eigenvalue weighted by Gasteiger charge is 2.32. The van der Waals surface area contributed by atoms with Crippen LogP contribution < -0.4 is 18.9 Å². The van der Waals surface area contributed by atoms with Gasteiger partial charge in [-0.25, -0.2) is 0 Å². The lowest BCUT2D eigenvalue weighted by atomic mass is 10.0. The van der Waals surface area contributed by atoms with Gasteiger partial charge in [0, 0.05) is 39.3 Å². The molecule has 1 amide bonds. The summed E-state index contributed by atoms with van der Waals surface area (Å²) in [6.45, 7) is 7.36. The number of hydrogen-bond acceptors (Lipinski definition) is 7. The normalized spacial score (nSPS) is 22.2. The Morgan fingerprint density at radius 1 is 0.794 bits per heavy atom. The number of carbonyl (C=O) groups is 1. The van der Waals surface area contributed by atoms with Crippen LogP contribution in [0.15, 0.2) is 36.4 Å². The third kappa shape index (κ3) is 4.40. The Hall–Kier alpha value is -2.97. The van der Waals surface area contributed by atoms with Crippen LogP contribution in [-0.4, -0.2) is 79.9 Å². The molecular weight excluding hydrogens is 434 g/mol. The predicted molar refractivity (Wildman–Crippen MR) is 125 cm³/mol. The Labute approximate surface area is 199 Å². The van der Waals surface area contributed by atoms with Crippen molar-refractivity contribution in [2.24, 2.45) is 0 Å². The molecule has 0 spiro atoms. The highest BCUT2D eigenvalue weighted by Crippen LogP contribution is 2.38. The first kappa shape index (κ1) is 21.6. The number of rotatable bonds is 5. The van der Waals surface area contributed by atoms with Crippen molar-refractivity contribution >= 4 is 5.91 Å². The van der Waals surface area contributed by atoms with E-state index < -0.39 is 0 Å². The second-order valence-corrected chi connectivity index (χ2v) is 9.39. The minimum Gasteiger partial charge on any atom is -0.486 e. The van der Waals surface area contributed by atoms with Gasteiger partial charge in [0.25, 0.3) is 0 Å². The highest BCUT2D eigenvalue weighted by atomic mass is 16.7. The van der Waals surface area contributed by atoms with E-state index in [0.29, 0.717) is 26.6 Å². The van der Waals surface area contributed by atoms with Gasteiger partial charge in [0.2, 0.25) is 12.7 Å². The first-order valence-corrected chi connectivity index (χ1v) is 12.3. The van der Waals surface area contributed by atoms with E-state index in [1.54, 1.807) is 0 Å². The van der Waals surface area contributed by atoms with E-state index in [9.17, 15) is 4.79 Å². The number of nitrogens with zero attached hydrogens (tertiary/aromatic N) is 3. The zero-order valence-electron chi connectivity index (χ0n) is 19.4. The minimum atomic E-state index is 0.121. The van der Waals surface area contributed by atoms with Crippen molar-refractivity contribution in [1.29, 1.82) is 0 Å². The van der Waals surface area contributed by atoms with E-state index >= 15 is 0 Å². The van der Waals surface area contributed by atoms with Crippen LogP contribution in [0.3, 0.4) is 0 Å². The molecule has 4 aliphatic heterocycles. The van der Waals surface area contributed by atoms with Crippen LogP contribution in [0.5, 0.6) is 23.0 Å². The van der Waals surface area contributed by atoms with Gasteiger partial charge in [0.15, 0.2) is 23.0 Å². The number of hydrogen-bond donors (Lipinski definition) is 0. The van der Waals surface area contributed by atoms with E-state index in [0.717, 1.165) is 80.7 Å². The van der Waals surface area contributed by atoms with Crippen molar-refractivity contribution < 1.29 is 23.7 Å². The molecule has 2 saturated heterocycles. The van der Waals surface area contributed by atoms with E-state index in [1.165, 1.54) is 5.56 Å². The number of ether oxygens (including phenoxy) is 4. The zero-order valence-corrected chi connectivity index (χ0v) is 19.4. The van der Waals surface area contributed by atoms with Gasteiger partial charge >= 0.3 is 0 Å².